The third-order valence-corrected chi connectivity index (χ3v) is 10.9. The number of hydrogen-bond acceptors (Lipinski definition) is 5. The van der Waals surface area contributed by atoms with Gasteiger partial charge in [-0.15, -0.1) is 13.2 Å². The first-order valence-corrected chi connectivity index (χ1v) is 17.9. The van der Waals surface area contributed by atoms with Crippen LogP contribution in [0.3, 0.4) is 0 Å². The van der Waals surface area contributed by atoms with Crippen LogP contribution in [-0.4, -0.2) is 55.8 Å². The Balaban J connectivity index is 1.39. The molecule has 282 valence electrons. The predicted molar refractivity (Wildman–Crippen MR) is 202 cm³/mol. The molecule has 0 aliphatic carbocycles. The highest BCUT2D eigenvalue weighted by Crippen LogP contribution is 2.46. The Labute approximate surface area is 318 Å². The van der Waals surface area contributed by atoms with Crippen molar-refractivity contribution in [3.8, 4) is 22.6 Å². The van der Waals surface area contributed by atoms with Gasteiger partial charge >= 0.3 is 12.3 Å². The average molecular weight is 783 g/mol. The third kappa shape index (κ3) is 6.42. The van der Waals surface area contributed by atoms with Crippen molar-refractivity contribution in [2.24, 2.45) is 7.05 Å². The lowest BCUT2D eigenvalue weighted by atomic mass is 9.98. The van der Waals surface area contributed by atoms with Gasteiger partial charge in [0.2, 0.25) is 0 Å². The van der Waals surface area contributed by atoms with Crippen molar-refractivity contribution in [3.05, 3.63) is 92.0 Å². The van der Waals surface area contributed by atoms with Gasteiger partial charge in [0.25, 0.3) is 5.91 Å². The van der Waals surface area contributed by atoms with Crippen molar-refractivity contribution in [3.63, 3.8) is 0 Å². The number of carboxylic acid groups (broad SMARTS) is 1. The molecular weight excluding hydrogens is 746 g/mol. The normalized spacial score (nSPS) is 14.7. The maximum atomic E-state index is 15.0. The quantitative estimate of drug-likeness (QED) is 0.141. The Bertz CT molecular complexity index is 2500. The number of carbonyl (C=O) groups excluding carboxylic acids is 1. The van der Waals surface area contributed by atoms with E-state index in [0.29, 0.717) is 46.5 Å². The van der Waals surface area contributed by atoms with Gasteiger partial charge in [-0.25, -0.2) is 4.79 Å². The summed E-state index contributed by atoms with van der Waals surface area (Å²) in [4.78, 5) is 31.1. The van der Waals surface area contributed by atoms with Gasteiger partial charge in [-0.3, -0.25) is 9.48 Å². The van der Waals surface area contributed by atoms with Crippen LogP contribution in [0.5, 0.6) is 11.5 Å². The highest BCUT2D eigenvalue weighted by molar-refractivity contribution is 6.35. The number of aryl methyl sites for hydroxylation is 5. The van der Waals surface area contributed by atoms with E-state index in [1.807, 2.05) is 64.4 Å². The lowest BCUT2D eigenvalue weighted by molar-refractivity contribution is -0.274. The molecule has 0 saturated carbocycles. The van der Waals surface area contributed by atoms with Crippen LogP contribution in [0.4, 0.5) is 18.9 Å². The van der Waals surface area contributed by atoms with Crippen LogP contribution in [0.25, 0.3) is 32.9 Å². The Kier molecular flexibility index (Phi) is 9.38. The molecule has 1 atom stereocenters. The highest BCUT2D eigenvalue weighted by atomic mass is 35.5. The fraction of sp³-hybridized carbons (Fsp3) is 0.308. The molecule has 0 bridgehead atoms. The van der Waals surface area contributed by atoms with E-state index in [-0.39, 0.29) is 28.8 Å². The van der Waals surface area contributed by atoms with E-state index in [2.05, 4.69) is 14.8 Å². The maximum absolute atomic E-state index is 15.0. The number of halogens is 5. The Morgan fingerprint density at radius 3 is 2.37 bits per heavy atom. The van der Waals surface area contributed by atoms with Gasteiger partial charge in [0.1, 0.15) is 22.9 Å². The van der Waals surface area contributed by atoms with Gasteiger partial charge < -0.3 is 29.0 Å². The van der Waals surface area contributed by atoms with Crippen LogP contribution in [0.2, 0.25) is 10.0 Å². The number of aromatic nitrogens is 4. The monoisotopic (exact) mass is 781 g/mol. The summed E-state index contributed by atoms with van der Waals surface area (Å²) in [5, 5.41) is 16.4. The average Bonchev–Trinajstić information content (AvgIpc) is 3.74. The first-order valence-electron chi connectivity index (χ1n) is 17.2. The fourth-order valence-corrected chi connectivity index (χ4v) is 8.01. The maximum Gasteiger partial charge on any atom is 0.573 e. The van der Waals surface area contributed by atoms with E-state index in [1.165, 1.54) is 11.0 Å². The second-order valence-electron chi connectivity index (χ2n) is 13.7. The molecular formula is C39H36Cl2F3N5O5. The fourth-order valence-electron chi connectivity index (χ4n) is 7.66. The molecule has 1 amide bonds. The van der Waals surface area contributed by atoms with Crippen molar-refractivity contribution in [1.29, 1.82) is 0 Å². The molecule has 0 fully saturated rings. The molecule has 4 heterocycles. The molecule has 2 N–H and O–H groups in total. The molecule has 7 rings (SSSR count). The van der Waals surface area contributed by atoms with E-state index in [9.17, 15) is 27.9 Å². The largest absolute Gasteiger partial charge is 0.573 e. The van der Waals surface area contributed by atoms with Crippen LogP contribution in [0.1, 0.15) is 68.4 Å². The van der Waals surface area contributed by atoms with Crippen LogP contribution >= 0.6 is 23.2 Å². The van der Waals surface area contributed by atoms with Gasteiger partial charge in [-0.1, -0.05) is 29.3 Å². The number of ether oxygens (including phenoxy) is 2. The first-order chi connectivity index (χ1) is 25.4. The summed E-state index contributed by atoms with van der Waals surface area (Å²) in [5.74, 6) is -1.72. The molecule has 6 aromatic rings. The number of carboxylic acids is 1. The van der Waals surface area contributed by atoms with Crippen molar-refractivity contribution < 1.29 is 37.3 Å². The second-order valence-corrected chi connectivity index (χ2v) is 14.5. The van der Waals surface area contributed by atoms with E-state index in [0.717, 1.165) is 56.7 Å². The molecule has 10 nitrogen and oxygen atoms in total. The number of amides is 1. The van der Waals surface area contributed by atoms with Gasteiger partial charge in [0.05, 0.1) is 34.0 Å². The van der Waals surface area contributed by atoms with Crippen molar-refractivity contribution in [2.75, 3.05) is 18.1 Å². The number of nitrogens with one attached hydrogen (secondary N) is 1. The van der Waals surface area contributed by atoms with E-state index in [1.54, 1.807) is 10.7 Å². The number of hydrogen-bond donors (Lipinski definition) is 2. The summed E-state index contributed by atoms with van der Waals surface area (Å²) in [5.41, 5.74) is 6.74. The van der Waals surface area contributed by atoms with Crippen LogP contribution in [0.15, 0.2) is 42.5 Å². The number of anilines is 1. The lowest BCUT2D eigenvalue weighted by Crippen LogP contribution is -2.43. The zero-order chi connectivity index (χ0) is 39.0. The van der Waals surface area contributed by atoms with Gasteiger partial charge in [0, 0.05) is 58.3 Å². The summed E-state index contributed by atoms with van der Waals surface area (Å²) in [7, 11) is 1.85. The zero-order valence-corrected chi connectivity index (χ0v) is 31.7. The summed E-state index contributed by atoms with van der Waals surface area (Å²) in [6, 6.07) is 10.4. The minimum absolute atomic E-state index is 0.0381. The first kappa shape index (κ1) is 37.2. The zero-order valence-electron chi connectivity index (χ0n) is 30.2. The summed E-state index contributed by atoms with van der Waals surface area (Å²) in [6.45, 7) is 9.93. The van der Waals surface area contributed by atoms with Crippen molar-refractivity contribution in [2.45, 2.75) is 59.9 Å². The SMILES string of the molecule is Cc1cc(OCCCc2c3n(c4c(-c5c(C)nn(C)c5C)c(Cl)ccc24)C(C)CN(c2cc(OC(F)(F)F)cc4cc(C(=O)O)[nH]c24)C3=O)cc(C)c1Cl. The number of nitrogens with zero attached hydrogens (tertiary/aromatic N) is 4. The number of benzene rings is 3. The minimum atomic E-state index is -5.03. The van der Waals surface area contributed by atoms with E-state index in [4.69, 9.17) is 27.9 Å². The number of aromatic carboxylic acids is 1. The van der Waals surface area contributed by atoms with Gasteiger partial charge in [-0.05, 0) is 94.5 Å². The molecule has 0 radical (unpaired) electrons. The minimum Gasteiger partial charge on any atom is -0.494 e. The number of alkyl halides is 3. The van der Waals surface area contributed by atoms with Crippen LogP contribution < -0.4 is 14.4 Å². The number of H-pyrrole nitrogens is 1. The van der Waals surface area contributed by atoms with Gasteiger partial charge in [-0.2, -0.15) is 5.10 Å². The third-order valence-electron chi connectivity index (χ3n) is 10.00. The summed E-state index contributed by atoms with van der Waals surface area (Å²) in [6.07, 6.45) is -4.12. The van der Waals surface area contributed by atoms with E-state index >= 15 is 0 Å². The Morgan fingerprint density at radius 2 is 1.74 bits per heavy atom. The molecule has 0 spiro atoms. The van der Waals surface area contributed by atoms with Gasteiger partial charge in [0.15, 0.2) is 0 Å². The molecule has 0 saturated heterocycles. The van der Waals surface area contributed by atoms with Crippen LogP contribution in [0, 0.1) is 27.7 Å². The lowest BCUT2D eigenvalue weighted by Gasteiger charge is -2.34. The molecule has 3 aromatic carbocycles. The molecule has 54 heavy (non-hydrogen) atoms. The number of aromatic amines is 1. The van der Waals surface area contributed by atoms with Crippen LogP contribution in [-0.2, 0) is 13.5 Å². The topological polar surface area (TPSA) is 115 Å². The number of carbonyl (C=O) groups is 2. The second kappa shape index (κ2) is 13.6. The Morgan fingerprint density at radius 1 is 1.04 bits per heavy atom. The highest BCUT2D eigenvalue weighted by Gasteiger charge is 2.38. The molecule has 1 aliphatic rings. The molecule has 1 aliphatic heterocycles. The summed E-state index contributed by atoms with van der Waals surface area (Å²) < 4.78 is 54.7. The van der Waals surface area contributed by atoms with Crippen molar-refractivity contribution >= 4 is 62.6 Å². The molecule has 3 aromatic heterocycles. The predicted octanol–water partition coefficient (Wildman–Crippen LogP) is 9.89. The number of rotatable bonds is 9. The smallest absolute Gasteiger partial charge is 0.494 e. The van der Waals surface area contributed by atoms with E-state index < -0.39 is 30.0 Å². The standard InChI is InChI=1S/C39H36Cl2F3N5O5/c1-18-12-24(13-19(2)33(18)41)53-11-7-8-26-27-9-10-28(40)32(31-21(4)46-47(6)22(31)5)35(27)49-20(3)17-48(37(50)36(26)49)30-16-25(54-39(42,43)44)14-23-15-29(38(51)52)45-34(23)30/h9-10,12-16,20,45H,7-8,11,17H2,1-6H3,(H,51,52). The van der Waals surface area contributed by atoms with Crippen molar-refractivity contribution in [1.82, 2.24) is 19.3 Å². The number of fused-ring (bicyclic) bond motifs is 4. The summed E-state index contributed by atoms with van der Waals surface area (Å²) >= 11 is 13.4. The Hall–Kier alpha value is -5.14. The molecule has 15 heteroatoms. The molecule has 1 unspecified atom stereocenters.